The Hall–Kier alpha value is -2.47. The number of hydrogen-bond donors (Lipinski definition) is 2. The van der Waals surface area contributed by atoms with E-state index < -0.39 is 6.10 Å². The summed E-state index contributed by atoms with van der Waals surface area (Å²) in [7, 11) is 1.35. The number of aliphatic hydroxyl groups is 2. The molecule has 1 aliphatic heterocycles. The minimum Gasteiger partial charge on any atom is -0.466 e. The number of carbonyl (C=O) groups excluding carboxylic acids is 1. The van der Waals surface area contributed by atoms with Crippen LogP contribution >= 0.6 is 0 Å². The highest BCUT2D eigenvalue weighted by molar-refractivity contribution is 5.87. The van der Waals surface area contributed by atoms with Gasteiger partial charge in [-0.2, -0.15) is 0 Å². The van der Waals surface area contributed by atoms with E-state index in [4.69, 9.17) is 4.74 Å². The van der Waals surface area contributed by atoms with Crippen molar-refractivity contribution in [2.24, 2.45) is 0 Å². The van der Waals surface area contributed by atoms with E-state index in [1.165, 1.54) is 7.11 Å². The van der Waals surface area contributed by atoms with Crippen molar-refractivity contribution >= 4 is 5.97 Å². The van der Waals surface area contributed by atoms with E-state index in [0.29, 0.717) is 12.0 Å². The first-order valence-corrected chi connectivity index (χ1v) is 8.83. The maximum Gasteiger partial charge on any atom is 0.333 e. The molecular formula is C22H26O5. The number of hydrogen-bond acceptors (Lipinski definition) is 5. The fourth-order valence-corrected chi connectivity index (χ4v) is 2.75. The molecule has 3 rings (SSSR count). The van der Waals surface area contributed by atoms with Crippen molar-refractivity contribution < 1.29 is 24.5 Å². The molecule has 0 aromatic heterocycles. The van der Waals surface area contributed by atoms with E-state index in [2.05, 4.69) is 11.3 Å². The van der Waals surface area contributed by atoms with Crippen LogP contribution in [0, 0.1) is 0 Å². The molecule has 2 N–H and O–H groups in total. The summed E-state index contributed by atoms with van der Waals surface area (Å²) in [6, 6.07) is 19.5. The Morgan fingerprint density at radius 2 is 1.63 bits per heavy atom. The largest absolute Gasteiger partial charge is 0.466 e. The van der Waals surface area contributed by atoms with Gasteiger partial charge in [0.2, 0.25) is 0 Å². The van der Waals surface area contributed by atoms with E-state index in [9.17, 15) is 15.0 Å². The van der Waals surface area contributed by atoms with E-state index in [-0.39, 0.29) is 24.6 Å². The molecule has 2 aromatic rings. The lowest BCUT2D eigenvalue weighted by Gasteiger charge is -2.22. The van der Waals surface area contributed by atoms with Crippen LogP contribution in [0.1, 0.15) is 23.5 Å². The van der Waals surface area contributed by atoms with E-state index in [1.54, 1.807) is 0 Å². The molecule has 5 heteroatoms. The molecule has 1 aliphatic rings. The summed E-state index contributed by atoms with van der Waals surface area (Å²) in [5.74, 6) is -0.516. The average molecular weight is 370 g/mol. The van der Waals surface area contributed by atoms with E-state index in [1.807, 2.05) is 60.7 Å². The predicted molar refractivity (Wildman–Crippen MR) is 103 cm³/mol. The Morgan fingerprint density at radius 3 is 2.00 bits per heavy atom. The van der Waals surface area contributed by atoms with Gasteiger partial charge in [0.25, 0.3) is 0 Å². The minimum absolute atomic E-state index is 0.178. The van der Waals surface area contributed by atoms with Gasteiger partial charge in [-0.3, -0.25) is 0 Å². The number of epoxide rings is 1. The van der Waals surface area contributed by atoms with Gasteiger partial charge in [0.1, 0.15) is 0 Å². The third-order valence-electron chi connectivity index (χ3n) is 4.24. The van der Waals surface area contributed by atoms with Gasteiger partial charge in [-0.1, -0.05) is 67.2 Å². The molecule has 0 radical (unpaired) electrons. The molecule has 27 heavy (non-hydrogen) atoms. The zero-order valence-electron chi connectivity index (χ0n) is 15.5. The Bertz CT molecular complexity index is 670. The molecule has 1 heterocycles. The molecule has 0 bridgehead atoms. The van der Waals surface area contributed by atoms with Crippen molar-refractivity contribution in [3.63, 3.8) is 0 Å². The van der Waals surface area contributed by atoms with Crippen LogP contribution < -0.4 is 0 Å². The number of benzene rings is 2. The Balaban J connectivity index is 0.000000223. The van der Waals surface area contributed by atoms with Crippen molar-refractivity contribution in [1.29, 1.82) is 0 Å². The fraction of sp³-hybridized carbons (Fsp3) is 0.318. The van der Waals surface area contributed by atoms with E-state index in [0.717, 1.165) is 17.7 Å². The number of rotatable bonds is 7. The van der Waals surface area contributed by atoms with Crippen LogP contribution in [0.15, 0.2) is 72.8 Å². The summed E-state index contributed by atoms with van der Waals surface area (Å²) in [5, 5.41) is 19.2. The second-order valence-electron chi connectivity index (χ2n) is 6.30. The minimum atomic E-state index is -0.778. The van der Waals surface area contributed by atoms with Gasteiger partial charge < -0.3 is 19.7 Å². The molecule has 1 fully saturated rings. The van der Waals surface area contributed by atoms with Gasteiger partial charge in [-0.05, 0) is 11.1 Å². The molecule has 2 unspecified atom stereocenters. The van der Waals surface area contributed by atoms with Gasteiger partial charge in [-0.15, -0.1) is 0 Å². The number of ether oxygens (including phenoxy) is 2. The number of esters is 1. The standard InChI is InChI=1S/C15H16O2.C7H10O3/c16-11-14(17)15(12-7-3-1-4-8-12)13-9-5-2-6-10-13;1-5(7(8)9-2)3-6-4-10-6/h1-10,14-17H,11H2;6H,1,3-4H2,2H3. The normalized spacial score (nSPS) is 16.1. The van der Waals surface area contributed by atoms with Crippen molar-refractivity contribution in [2.45, 2.75) is 24.5 Å². The molecule has 1 saturated heterocycles. The third-order valence-corrected chi connectivity index (χ3v) is 4.24. The number of carbonyl (C=O) groups is 1. The summed E-state index contributed by atoms with van der Waals surface area (Å²) < 4.78 is 9.35. The maximum absolute atomic E-state index is 10.7. The van der Waals surface area contributed by atoms with Crippen LogP contribution in [0.25, 0.3) is 0 Å². The Morgan fingerprint density at radius 1 is 1.15 bits per heavy atom. The second-order valence-corrected chi connectivity index (χ2v) is 6.30. The summed E-state index contributed by atoms with van der Waals surface area (Å²) in [6.45, 7) is 4.06. The van der Waals surface area contributed by atoms with Crippen molar-refractivity contribution in [1.82, 2.24) is 0 Å². The molecular weight excluding hydrogens is 344 g/mol. The van der Waals surface area contributed by atoms with Gasteiger partial charge in [0, 0.05) is 17.9 Å². The number of methoxy groups -OCH3 is 1. The number of aliphatic hydroxyl groups excluding tert-OH is 2. The highest BCUT2D eigenvalue weighted by atomic mass is 16.6. The monoisotopic (exact) mass is 370 g/mol. The lowest BCUT2D eigenvalue weighted by molar-refractivity contribution is -0.136. The highest BCUT2D eigenvalue weighted by Crippen LogP contribution is 2.27. The van der Waals surface area contributed by atoms with Crippen LogP contribution in [0.5, 0.6) is 0 Å². The van der Waals surface area contributed by atoms with Crippen LogP contribution in [-0.2, 0) is 14.3 Å². The van der Waals surface area contributed by atoms with Crippen LogP contribution in [0.2, 0.25) is 0 Å². The van der Waals surface area contributed by atoms with Gasteiger partial charge in [0.15, 0.2) is 0 Å². The van der Waals surface area contributed by atoms with Crippen molar-refractivity contribution in [2.75, 3.05) is 20.3 Å². The second kappa shape index (κ2) is 10.6. The van der Waals surface area contributed by atoms with Crippen LogP contribution in [-0.4, -0.2) is 48.7 Å². The molecule has 0 saturated carbocycles. The van der Waals surface area contributed by atoms with Gasteiger partial charge in [-0.25, -0.2) is 4.79 Å². The fourth-order valence-electron chi connectivity index (χ4n) is 2.75. The summed E-state index contributed by atoms with van der Waals surface area (Å²) in [6.07, 6.45) is 0.0403. The molecule has 0 aliphatic carbocycles. The zero-order chi connectivity index (χ0) is 19.6. The lowest BCUT2D eigenvalue weighted by atomic mass is 9.87. The van der Waals surface area contributed by atoms with Gasteiger partial charge in [0.05, 0.1) is 32.5 Å². The first-order valence-electron chi connectivity index (χ1n) is 8.83. The summed E-state index contributed by atoms with van der Waals surface area (Å²) in [5.41, 5.74) is 2.52. The predicted octanol–water partition coefficient (Wildman–Crippen LogP) is 2.68. The Labute approximate surface area is 159 Å². The quantitative estimate of drug-likeness (QED) is 0.445. The Kier molecular flexibility index (Phi) is 8.20. The summed E-state index contributed by atoms with van der Waals surface area (Å²) in [4.78, 5) is 10.7. The topological polar surface area (TPSA) is 79.3 Å². The molecule has 2 atom stereocenters. The van der Waals surface area contributed by atoms with Gasteiger partial charge >= 0.3 is 5.97 Å². The van der Waals surface area contributed by atoms with E-state index >= 15 is 0 Å². The first-order chi connectivity index (χ1) is 13.1. The van der Waals surface area contributed by atoms with Crippen LogP contribution in [0.4, 0.5) is 0 Å². The zero-order valence-corrected chi connectivity index (χ0v) is 15.5. The van der Waals surface area contributed by atoms with Crippen LogP contribution in [0.3, 0.4) is 0 Å². The summed E-state index contributed by atoms with van der Waals surface area (Å²) >= 11 is 0. The maximum atomic E-state index is 10.7. The molecule has 5 nitrogen and oxygen atoms in total. The molecule has 0 spiro atoms. The molecule has 0 amide bonds. The third kappa shape index (κ3) is 6.64. The average Bonchev–Trinajstić information content (AvgIpc) is 3.53. The molecule has 2 aromatic carbocycles. The molecule has 144 valence electrons. The van der Waals surface area contributed by atoms with Crippen molar-refractivity contribution in [3.8, 4) is 0 Å². The smallest absolute Gasteiger partial charge is 0.333 e. The lowest BCUT2D eigenvalue weighted by Crippen LogP contribution is -2.23. The van der Waals surface area contributed by atoms with Crippen molar-refractivity contribution in [3.05, 3.63) is 83.9 Å². The first kappa shape index (κ1) is 20.8. The SMILES string of the molecule is C=C(CC1CO1)C(=O)OC.OCC(O)C(c1ccccc1)c1ccccc1. The highest BCUT2D eigenvalue weighted by Gasteiger charge is 2.25.